The number of nitrogens with zero attached hydrogens (tertiary/aromatic N) is 14. The second-order valence-electron chi connectivity index (χ2n) is 22.1. The molecule has 0 saturated carbocycles. The van der Waals surface area contributed by atoms with Gasteiger partial charge in [0.05, 0.1) is 66.1 Å². The van der Waals surface area contributed by atoms with E-state index >= 15 is 0 Å². The van der Waals surface area contributed by atoms with E-state index in [-0.39, 0.29) is 304 Å². The minimum absolute atomic E-state index is 0. The molecule has 46 nitrogen and oxygen atoms in total. The number of nitrogens with one attached hydrogen (secondary N) is 4. The largest absolute Gasteiger partial charge is 0.505 e. The van der Waals surface area contributed by atoms with Crippen LogP contribution in [-0.4, -0.2) is 380 Å². The Morgan fingerprint density at radius 1 is 0.300 bits per heavy atom. The van der Waals surface area contributed by atoms with Crippen molar-refractivity contribution in [2.45, 2.75) is 39.2 Å². The molecule has 0 unspecified atom stereocenters. The zero-order chi connectivity index (χ0) is 81.9. The summed E-state index contributed by atoms with van der Waals surface area (Å²) in [6.07, 6.45) is 0. The topological polar surface area (TPSA) is 765 Å². The van der Waals surface area contributed by atoms with Gasteiger partial charge in [-0.15, -0.1) is 30.7 Å². The van der Waals surface area contributed by atoms with Gasteiger partial charge in [0.15, 0.2) is 11.5 Å². The minimum atomic E-state index is -5.54. The third kappa shape index (κ3) is 27.1. The molecule has 2 aromatic heterocycles. The third-order valence-corrected chi connectivity index (χ3v) is 22.0. The number of phenols is 2. The average molecular weight is 1920 g/mol. The van der Waals surface area contributed by atoms with Crippen molar-refractivity contribution in [3.8, 4) is 11.5 Å². The normalized spacial score (nSPS) is 12.9. The van der Waals surface area contributed by atoms with Gasteiger partial charge in [-0.05, 0) is 161 Å². The smallest absolute Gasteiger partial charge is 0.296 e. The number of azo groups is 4. The van der Waals surface area contributed by atoms with Crippen molar-refractivity contribution in [3.05, 3.63) is 166 Å². The van der Waals surface area contributed by atoms with E-state index in [9.17, 15) is 114 Å². The molecule has 8 radical (unpaired) electrons. The second-order valence-corrected chi connectivity index (χ2v) is 34.0. The maximum absolute atomic E-state index is 12.8. The van der Waals surface area contributed by atoms with Gasteiger partial charge in [0.25, 0.3) is 80.9 Å². The Bertz CT molecular complexity index is 6950. The molecule has 0 bridgehead atoms. The zero-order valence-corrected chi connectivity index (χ0v) is 86.2. The Morgan fingerprint density at radius 3 is 0.867 bits per heavy atom. The fourth-order valence-electron chi connectivity index (χ4n) is 9.86. The van der Waals surface area contributed by atoms with Gasteiger partial charge < -0.3 is 31.6 Å². The van der Waals surface area contributed by atoms with Gasteiger partial charge in [-0.3, -0.25) is 46.4 Å². The maximum atomic E-state index is 12.8. The predicted octanol–water partition coefficient (Wildman–Crippen LogP) is 5.50. The molecule has 18 N–H and O–H groups in total. The van der Waals surface area contributed by atoms with Crippen molar-refractivity contribution in [2.24, 2.45) is 60.9 Å². The van der Waals surface area contributed by atoms with Crippen LogP contribution in [0, 0.1) is 0 Å². The maximum Gasteiger partial charge on any atom is 0.296 e. The minimum Gasteiger partial charge on any atom is -0.505 e. The summed E-state index contributed by atoms with van der Waals surface area (Å²) in [5, 5.41) is 49.6. The summed E-state index contributed by atoms with van der Waals surface area (Å²) < 4.78 is 279. The summed E-state index contributed by atoms with van der Waals surface area (Å²) in [5.74, 6) is -2.61. The number of nitrogen functional groups attached to an aromatic ring is 2. The number of phenolic OH excluding ortho intramolecular Hbond substituents is 2. The van der Waals surface area contributed by atoms with Crippen molar-refractivity contribution in [3.63, 3.8) is 0 Å². The molecule has 0 spiro atoms. The first-order valence-corrected chi connectivity index (χ1v) is 41.5. The zero-order valence-electron chi connectivity index (χ0n) is 62.1. The number of anilines is 2. The summed E-state index contributed by atoms with van der Waals surface area (Å²) in [4.78, 5) is 27.9. The van der Waals surface area contributed by atoms with Gasteiger partial charge in [0, 0.05) is 236 Å². The molecule has 120 heavy (non-hydrogen) atoms. The first-order chi connectivity index (χ1) is 52.0. The molecular weight excluding hydrogens is 1880 g/mol. The van der Waals surface area contributed by atoms with E-state index in [0.717, 1.165) is 84.9 Å². The molecule has 11 rings (SSSR count). The molecule has 2 heterocycles. The summed E-state index contributed by atoms with van der Waals surface area (Å²) in [7, 11) is -41.7. The van der Waals surface area contributed by atoms with Gasteiger partial charge >= 0.3 is 0 Å². The molecule has 64 heteroatoms. The van der Waals surface area contributed by atoms with Crippen LogP contribution in [0.4, 0.5) is 79.6 Å². The molecule has 11 aromatic rings. The van der Waals surface area contributed by atoms with Gasteiger partial charge in [-0.1, -0.05) is 6.07 Å². The number of aromatic amines is 4. The van der Waals surface area contributed by atoms with Crippen LogP contribution in [-0.2, 0) is 80.9 Å². The summed E-state index contributed by atoms with van der Waals surface area (Å²) >= 11 is 12.7. The van der Waals surface area contributed by atoms with Crippen LogP contribution in [0.2, 0.25) is 10.6 Å². The van der Waals surface area contributed by atoms with Crippen LogP contribution in [0.3, 0.4) is 0 Å². The molecular formula is C56H40Cl2N20Na8O26S8. The van der Waals surface area contributed by atoms with E-state index in [1.165, 1.54) is 24.3 Å². The Kier molecular flexibility index (Phi) is 39.8. The molecule has 0 atom stereocenters. The van der Waals surface area contributed by atoms with E-state index in [4.69, 9.17) is 34.7 Å². The first-order valence-electron chi connectivity index (χ1n) is 29.2. The monoisotopic (exact) mass is 1920 g/mol. The molecule has 0 amide bonds. The molecule has 0 aliphatic rings. The van der Waals surface area contributed by atoms with E-state index in [2.05, 4.69) is 90.8 Å². The first kappa shape index (κ1) is 110. The van der Waals surface area contributed by atoms with Crippen molar-refractivity contribution in [2.75, 3.05) is 11.5 Å². The van der Waals surface area contributed by atoms with Crippen LogP contribution < -0.4 is 33.9 Å². The molecule has 590 valence electrons. The number of halogens is 2. The predicted molar refractivity (Wildman–Crippen MR) is 430 cm³/mol. The van der Waals surface area contributed by atoms with Crippen LogP contribution >= 0.6 is 23.2 Å². The van der Waals surface area contributed by atoms with Gasteiger partial charge in [-0.25, -0.2) is 20.0 Å². The van der Waals surface area contributed by atoms with Crippen molar-refractivity contribution < 1.29 is 114 Å². The number of nitrogens with two attached hydrogens (primary N) is 2. The Balaban J connectivity index is 0.00000465. The number of fused-ring (bicyclic) bond motifs is 2. The van der Waals surface area contributed by atoms with E-state index in [0.29, 0.717) is 24.3 Å². The number of aromatic hydroxyl groups is 2. The van der Waals surface area contributed by atoms with Crippen molar-refractivity contribution in [1.29, 1.82) is 0 Å². The third-order valence-electron chi connectivity index (χ3n) is 14.6. The summed E-state index contributed by atoms with van der Waals surface area (Å²) in [6, 6.07) is 20.6. The quantitative estimate of drug-likeness (QED) is 0.0194. The van der Waals surface area contributed by atoms with Crippen LogP contribution in [0.25, 0.3) is 21.5 Å². The molecule has 0 fully saturated rings. The molecule has 0 saturated heterocycles. The van der Waals surface area contributed by atoms with Gasteiger partial charge in [-0.2, -0.15) is 87.5 Å². The Hall–Kier alpha value is -3.82. The number of rotatable bonds is 20. The van der Waals surface area contributed by atoms with Crippen molar-refractivity contribution >= 4 is 442 Å². The standard InChI is InChI=1S/C56H40Cl2N20O26S8.8Na/c57-51-65-53(69-55(67-51)63-29-8-14-35(107(87,88)89)33(21-29)73-77-47-39(111(99,100)101)18-23-16-37(109(93,94)95)45(43(59)41(23)49(47)79)75-71-25-4-10-31(11-5-25)105(81,82)83)61-27-2-1-3-28(20-27)62-54-66-52(58)68-56(70-54)64-30-9-15-36(108(90,91)92)34(22-30)74-78-48-40(112(102,103)104)19-24-17-38(110(96,97)98)46(44(60)42(24)50(48)80)76-72-26-6-12-32(13-7-26)106(84,85)86;;;;;;;;/h1-22,79-80H,59-60H2,(H,81,82,83)(H,84,85,86)(H,87,88,89)(H,90,91,92)(H,93,94,95)(H,96,97,98)(H,99,100,101)(H,102,103,104)(H2,61,63,65,67,69)(H2,62,64,66,68,70);;;;;;;;. The fourth-order valence-corrected chi connectivity index (χ4v) is 15.0. The van der Waals surface area contributed by atoms with E-state index < -0.39 is 199 Å². The fraction of sp³-hybridized carbons (Fsp3) is 0. The number of H-pyrrole nitrogens is 4. The van der Waals surface area contributed by atoms with Gasteiger partial charge in [0.1, 0.15) is 63.5 Å². The van der Waals surface area contributed by atoms with Gasteiger partial charge in [0.2, 0.25) is 33.0 Å². The van der Waals surface area contributed by atoms with E-state index in [1.54, 1.807) is 0 Å². The number of hydrogen-bond donors (Lipinski definition) is 16. The Morgan fingerprint density at radius 2 is 0.575 bits per heavy atom. The summed E-state index contributed by atoms with van der Waals surface area (Å²) in [5.41, 5.74) is 2.96. The second kappa shape index (κ2) is 43.3. The molecule has 9 aromatic carbocycles. The average Bonchev–Trinajstić information content (AvgIpc) is 0.742. The number of benzene rings is 9. The van der Waals surface area contributed by atoms with Crippen molar-refractivity contribution in [1.82, 2.24) is 29.9 Å². The Labute approximate surface area is 861 Å². The SMILES string of the molecule is Nc1c(N=Nc2ccc(S(=O)(=O)O)cc2)c(S(=O)(=O)O)cc2cc(S(=O)(=O)O)c(N=Nc3cc(N=c4[nH]c(Cl)nc(=Nc5cccc(N=c6nc(Cl)[nH]c(=Nc7ccc(S(=O)(=O)O)c(N=Nc8c(S(=O)(=O)O)cc9cc(S(=O)(=O)O)c(N=Nc%10ccc(S(=O)(=O)O)cc%10)c(N)c9c8O)c7)[nH]6)c5)[nH]4)ccc3S(=O)(=O)O)c(O)c12.[Na].[Na].[Na].[Na].[Na].[Na].[Na].[Na]. The molecule has 0 aliphatic carbocycles. The van der Waals surface area contributed by atoms with Crippen LogP contribution in [0.15, 0.2) is 234 Å². The number of hydrogen-bond acceptors (Lipinski definition) is 34. The van der Waals surface area contributed by atoms with Crippen LogP contribution in [0.1, 0.15) is 0 Å². The summed E-state index contributed by atoms with van der Waals surface area (Å²) in [6.45, 7) is 0. The molecule has 0 aliphatic heterocycles. The van der Waals surface area contributed by atoms with E-state index in [1.807, 2.05) is 0 Å². The number of aromatic nitrogens is 6. The van der Waals surface area contributed by atoms with Crippen LogP contribution in [0.5, 0.6) is 11.5 Å².